The summed E-state index contributed by atoms with van der Waals surface area (Å²) in [6.07, 6.45) is -3.60. The first-order valence-electron chi connectivity index (χ1n) is 11.6. The van der Waals surface area contributed by atoms with Crippen LogP contribution in [0.15, 0.2) is 28.7 Å². The summed E-state index contributed by atoms with van der Waals surface area (Å²) < 4.78 is 56.3. The number of likely N-dealkylation sites (tertiary alicyclic amines) is 1. The van der Waals surface area contributed by atoms with Gasteiger partial charge >= 0.3 is 12.1 Å². The van der Waals surface area contributed by atoms with Gasteiger partial charge in [-0.2, -0.15) is 13.2 Å². The maximum atomic E-state index is 13.5. The summed E-state index contributed by atoms with van der Waals surface area (Å²) in [6.45, 7) is 5.39. The fraction of sp³-hybridized carbons (Fsp3) is 0.440. The number of alkyl halides is 3. The Morgan fingerprint density at radius 2 is 1.89 bits per heavy atom. The van der Waals surface area contributed by atoms with Crippen molar-refractivity contribution >= 4 is 22.8 Å². The number of pyridine rings is 1. The number of hydrogen-bond donors (Lipinski definition) is 1. The topological polar surface area (TPSA) is 121 Å². The Balaban J connectivity index is 1.74. The molecule has 2 N–H and O–H groups in total. The number of methoxy groups -OCH3 is 1. The normalized spacial score (nSPS) is 16.3. The number of ether oxygens (including phenoxy) is 2. The molecule has 1 aromatic carbocycles. The third-order valence-electron chi connectivity index (χ3n) is 5.84. The Morgan fingerprint density at radius 3 is 2.51 bits per heavy atom. The second-order valence-electron chi connectivity index (χ2n) is 9.59. The molecule has 3 heterocycles. The highest BCUT2D eigenvalue weighted by molar-refractivity contribution is 5.99. The van der Waals surface area contributed by atoms with Crippen molar-refractivity contribution in [2.24, 2.45) is 5.73 Å². The molecule has 12 heteroatoms. The summed E-state index contributed by atoms with van der Waals surface area (Å²) in [5, 5.41) is 0.281. The van der Waals surface area contributed by atoms with E-state index in [1.807, 2.05) is 0 Å². The van der Waals surface area contributed by atoms with Crippen molar-refractivity contribution in [2.75, 3.05) is 13.7 Å². The average molecular weight is 521 g/mol. The maximum Gasteiger partial charge on any atom is 0.433 e. The Labute approximate surface area is 210 Å². The number of halogens is 3. The number of nitrogens with zero attached hydrogens (tertiary/aromatic N) is 3. The van der Waals surface area contributed by atoms with Gasteiger partial charge < -0.3 is 24.5 Å². The van der Waals surface area contributed by atoms with Crippen LogP contribution in [0.4, 0.5) is 13.2 Å². The van der Waals surface area contributed by atoms with E-state index in [0.717, 1.165) is 6.07 Å². The Kier molecular flexibility index (Phi) is 6.89. The van der Waals surface area contributed by atoms with Crippen molar-refractivity contribution in [1.82, 2.24) is 14.9 Å². The standard InChI is InChI=1S/C25H27F3N4O5/c1-24(2,3)37-23(34)15-6-5-11-32(15)22(33)20-17(12-29)36-21(31-20)14-7-9-16(35-4)19-13(14)8-10-18(30-19)25(26,27)28/h7-10,15H,5-6,11-12,29H2,1-4H3/t15-/m0/s1. The highest BCUT2D eigenvalue weighted by atomic mass is 19.4. The zero-order valence-electron chi connectivity index (χ0n) is 20.8. The van der Waals surface area contributed by atoms with E-state index in [1.165, 1.54) is 24.1 Å². The monoisotopic (exact) mass is 520 g/mol. The van der Waals surface area contributed by atoms with Crippen LogP contribution < -0.4 is 10.5 Å². The molecule has 1 saturated heterocycles. The fourth-order valence-corrected chi connectivity index (χ4v) is 4.23. The van der Waals surface area contributed by atoms with Gasteiger partial charge in [-0.25, -0.2) is 14.8 Å². The van der Waals surface area contributed by atoms with Crippen molar-refractivity contribution in [3.8, 4) is 17.2 Å². The van der Waals surface area contributed by atoms with Gasteiger partial charge in [0.05, 0.1) is 13.7 Å². The second-order valence-corrected chi connectivity index (χ2v) is 9.59. The van der Waals surface area contributed by atoms with Crippen molar-refractivity contribution in [2.45, 2.75) is 58.0 Å². The van der Waals surface area contributed by atoms with E-state index in [2.05, 4.69) is 9.97 Å². The number of aromatic nitrogens is 2. The molecular formula is C25H27F3N4O5. The smallest absolute Gasteiger partial charge is 0.433 e. The summed E-state index contributed by atoms with van der Waals surface area (Å²) >= 11 is 0. The van der Waals surface area contributed by atoms with Crippen molar-refractivity contribution in [3.05, 3.63) is 41.4 Å². The number of rotatable bonds is 5. The molecule has 1 fully saturated rings. The molecular weight excluding hydrogens is 493 g/mol. The molecule has 0 aliphatic carbocycles. The van der Waals surface area contributed by atoms with Crippen molar-refractivity contribution in [1.29, 1.82) is 0 Å². The third-order valence-corrected chi connectivity index (χ3v) is 5.84. The van der Waals surface area contributed by atoms with E-state index in [9.17, 15) is 22.8 Å². The Hall–Kier alpha value is -3.67. The van der Waals surface area contributed by atoms with Gasteiger partial charge in [0.1, 0.15) is 28.6 Å². The van der Waals surface area contributed by atoms with E-state index >= 15 is 0 Å². The van der Waals surface area contributed by atoms with Gasteiger partial charge in [-0.1, -0.05) is 0 Å². The Morgan fingerprint density at radius 1 is 1.16 bits per heavy atom. The molecule has 9 nitrogen and oxygen atoms in total. The van der Waals surface area contributed by atoms with Gasteiger partial charge in [0.15, 0.2) is 11.5 Å². The summed E-state index contributed by atoms with van der Waals surface area (Å²) in [4.78, 5) is 35.6. The summed E-state index contributed by atoms with van der Waals surface area (Å²) in [5.41, 5.74) is 4.22. The van der Waals surface area contributed by atoms with Crippen LogP contribution in [-0.2, 0) is 22.3 Å². The van der Waals surface area contributed by atoms with Crippen LogP contribution in [-0.4, -0.2) is 52.0 Å². The van der Waals surface area contributed by atoms with Gasteiger partial charge in [0.25, 0.3) is 5.91 Å². The molecule has 0 saturated carbocycles. The van der Waals surface area contributed by atoms with Crippen LogP contribution in [0.25, 0.3) is 22.4 Å². The minimum absolute atomic E-state index is 0.0222. The van der Waals surface area contributed by atoms with Gasteiger partial charge in [-0.05, 0) is 57.9 Å². The zero-order chi connectivity index (χ0) is 27.1. The summed E-state index contributed by atoms with van der Waals surface area (Å²) in [6, 6.07) is 4.31. The third kappa shape index (κ3) is 5.24. The second kappa shape index (κ2) is 9.66. The molecule has 1 atom stereocenters. The lowest BCUT2D eigenvalue weighted by atomic mass is 10.1. The first-order valence-corrected chi connectivity index (χ1v) is 11.6. The predicted octanol–water partition coefficient (Wildman–Crippen LogP) is 4.32. The first kappa shape index (κ1) is 26.4. The van der Waals surface area contributed by atoms with Crippen molar-refractivity contribution < 1.29 is 36.7 Å². The minimum Gasteiger partial charge on any atom is -0.494 e. The lowest BCUT2D eigenvalue weighted by Gasteiger charge is -2.27. The number of carbonyl (C=O) groups is 2. The summed E-state index contributed by atoms with van der Waals surface area (Å²) in [5.74, 6) is -0.864. The lowest BCUT2D eigenvalue weighted by molar-refractivity contribution is -0.159. The number of hydrogen-bond acceptors (Lipinski definition) is 8. The molecule has 37 heavy (non-hydrogen) atoms. The number of nitrogens with two attached hydrogens (primary N) is 1. The average Bonchev–Trinajstić information content (AvgIpc) is 3.48. The van der Waals surface area contributed by atoms with Crippen LogP contribution in [0.1, 0.15) is 55.6 Å². The maximum absolute atomic E-state index is 13.5. The van der Waals surface area contributed by atoms with Gasteiger partial charge in [0.2, 0.25) is 5.89 Å². The number of fused-ring (bicyclic) bond motifs is 1. The molecule has 0 spiro atoms. The number of oxazole rings is 1. The van der Waals surface area contributed by atoms with E-state index in [-0.39, 0.29) is 40.5 Å². The minimum atomic E-state index is -4.65. The molecule has 1 amide bonds. The molecule has 198 valence electrons. The van der Waals surface area contributed by atoms with E-state index in [0.29, 0.717) is 24.9 Å². The van der Waals surface area contributed by atoms with Crippen molar-refractivity contribution in [3.63, 3.8) is 0 Å². The van der Waals surface area contributed by atoms with Gasteiger partial charge in [0, 0.05) is 17.5 Å². The van der Waals surface area contributed by atoms with Crippen LogP contribution in [0.3, 0.4) is 0 Å². The molecule has 2 aromatic heterocycles. The largest absolute Gasteiger partial charge is 0.494 e. The van der Waals surface area contributed by atoms with E-state index < -0.39 is 35.4 Å². The number of carbonyl (C=O) groups excluding carboxylic acids is 2. The highest BCUT2D eigenvalue weighted by Gasteiger charge is 2.39. The first-order chi connectivity index (χ1) is 17.3. The zero-order valence-corrected chi connectivity index (χ0v) is 20.8. The molecule has 4 rings (SSSR count). The highest BCUT2D eigenvalue weighted by Crippen LogP contribution is 2.37. The van der Waals surface area contributed by atoms with Gasteiger partial charge in [-0.15, -0.1) is 0 Å². The van der Waals surface area contributed by atoms with Crippen LogP contribution in [0.5, 0.6) is 5.75 Å². The lowest BCUT2D eigenvalue weighted by Crippen LogP contribution is -2.44. The van der Waals surface area contributed by atoms with Gasteiger partial charge in [-0.3, -0.25) is 4.79 Å². The summed E-state index contributed by atoms with van der Waals surface area (Å²) in [7, 11) is 1.32. The predicted molar refractivity (Wildman–Crippen MR) is 127 cm³/mol. The fourth-order valence-electron chi connectivity index (χ4n) is 4.23. The molecule has 1 aliphatic heterocycles. The molecule has 1 aliphatic rings. The molecule has 3 aromatic rings. The number of benzene rings is 1. The SMILES string of the molecule is COc1ccc(-c2nc(C(=O)N3CCC[C@H]3C(=O)OC(C)(C)C)c(CN)o2)c2ccc(C(F)(F)F)nc12. The molecule has 0 radical (unpaired) electrons. The number of esters is 1. The van der Waals surface area contributed by atoms with Crippen LogP contribution in [0.2, 0.25) is 0 Å². The van der Waals surface area contributed by atoms with E-state index in [1.54, 1.807) is 26.8 Å². The van der Waals surface area contributed by atoms with Crippen LogP contribution >= 0.6 is 0 Å². The quantitative estimate of drug-likeness (QED) is 0.494. The number of amides is 1. The van der Waals surface area contributed by atoms with E-state index in [4.69, 9.17) is 19.6 Å². The Bertz CT molecular complexity index is 1350. The van der Waals surface area contributed by atoms with Crippen LogP contribution in [0, 0.1) is 0 Å². The molecule has 0 unspecified atom stereocenters. The molecule has 0 bridgehead atoms.